The molecule has 4 nitrogen and oxygen atoms in total. The predicted octanol–water partition coefficient (Wildman–Crippen LogP) is 4.80. The molecule has 27 heavy (non-hydrogen) atoms. The first-order valence-corrected chi connectivity index (χ1v) is 12.2. The molecule has 1 saturated heterocycles. The van der Waals surface area contributed by atoms with Crippen molar-refractivity contribution < 1.29 is 14.0 Å². The van der Waals surface area contributed by atoms with Crippen molar-refractivity contribution in [2.45, 2.75) is 51.0 Å². The number of carbonyl (C=O) groups excluding carboxylic acids is 2. The first-order valence-electron chi connectivity index (χ1n) is 9.29. The minimum atomic E-state index is -2.16. The smallest absolute Gasteiger partial charge is 0.261 e. The molecule has 0 aliphatic carbocycles. The second-order valence-corrected chi connectivity index (χ2v) is 13.3. The highest BCUT2D eigenvalue weighted by Gasteiger charge is 2.55. The quantitative estimate of drug-likeness (QED) is 0.431. The molecule has 2 aromatic carbocycles. The third kappa shape index (κ3) is 3.62. The van der Waals surface area contributed by atoms with Crippen LogP contribution >= 0.6 is 0 Å². The maximum atomic E-state index is 13.0. The molecule has 2 aromatic rings. The Morgan fingerprint density at radius 1 is 1.04 bits per heavy atom. The number of β-lactam (4-membered cyclic amide) rings is 1. The number of hydrogen-bond acceptors (Lipinski definition) is 3. The van der Waals surface area contributed by atoms with Gasteiger partial charge in [-0.15, -0.1) is 0 Å². The summed E-state index contributed by atoms with van der Waals surface area (Å²) in [5.74, 6) is -0.521. The van der Waals surface area contributed by atoms with Gasteiger partial charge >= 0.3 is 0 Å². The van der Waals surface area contributed by atoms with Gasteiger partial charge in [-0.25, -0.2) is 0 Å². The number of rotatable bonds is 4. The molecule has 0 saturated carbocycles. The SMILES string of the molecule is CC(C)(C)[Si](C)(C)O[14C@@H]1[C@H](c2ccccc2)N(C(=O)c2ccccc2)[14C]1=O. The Labute approximate surface area is 162 Å². The topological polar surface area (TPSA) is 46.6 Å². The van der Waals surface area contributed by atoms with E-state index >= 15 is 0 Å². The van der Waals surface area contributed by atoms with Crippen molar-refractivity contribution in [2.24, 2.45) is 0 Å². The van der Waals surface area contributed by atoms with Gasteiger partial charge in [0.15, 0.2) is 14.4 Å². The number of benzene rings is 2. The van der Waals surface area contributed by atoms with Crippen LogP contribution in [0.4, 0.5) is 0 Å². The van der Waals surface area contributed by atoms with E-state index < -0.39 is 14.4 Å². The molecular weight excluding hydrogens is 358 g/mol. The fourth-order valence-corrected chi connectivity index (χ4v) is 4.21. The predicted molar refractivity (Wildman–Crippen MR) is 109 cm³/mol. The maximum Gasteiger partial charge on any atom is 0.261 e. The first-order chi connectivity index (χ1) is 12.6. The maximum absolute atomic E-state index is 13.0. The molecule has 1 aliphatic heterocycles. The van der Waals surface area contributed by atoms with E-state index in [0.29, 0.717) is 5.56 Å². The van der Waals surface area contributed by atoms with Crippen LogP contribution < -0.4 is 0 Å². The van der Waals surface area contributed by atoms with Crippen molar-refractivity contribution >= 4 is 20.1 Å². The van der Waals surface area contributed by atoms with Crippen molar-refractivity contribution in [3.8, 4) is 0 Å². The van der Waals surface area contributed by atoms with E-state index in [9.17, 15) is 9.59 Å². The Bertz CT molecular complexity index is 828. The van der Waals surface area contributed by atoms with Gasteiger partial charge < -0.3 is 4.43 Å². The Morgan fingerprint density at radius 2 is 1.56 bits per heavy atom. The highest BCUT2D eigenvalue weighted by atomic mass is 28.4. The van der Waals surface area contributed by atoms with Crippen LogP contribution in [-0.4, -0.2) is 31.1 Å². The zero-order chi connectivity index (χ0) is 19.8. The van der Waals surface area contributed by atoms with E-state index in [0.717, 1.165) is 5.56 Å². The zero-order valence-electron chi connectivity index (χ0n) is 16.6. The molecule has 0 unspecified atom stereocenters. The van der Waals surface area contributed by atoms with Gasteiger partial charge in [0.2, 0.25) is 0 Å². The Morgan fingerprint density at radius 3 is 2.07 bits per heavy atom. The van der Waals surface area contributed by atoms with Crippen molar-refractivity contribution in [3.05, 3.63) is 71.8 Å². The van der Waals surface area contributed by atoms with Gasteiger partial charge in [0.1, 0.15) is 0 Å². The van der Waals surface area contributed by atoms with Gasteiger partial charge in [-0.2, -0.15) is 0 Å². The molecular formula is C22H27NO3Si. The molecule has 0 bridgehead atoms. The van der Waals surface area contributed by atoms with E-state index in [1.807, 2.05) is 36.4 Å². The highest BCUT2D eigenvalue weighted by Crippen LogP contribution is 2.44. The van der Waals surface area contributed by atoms with Gasteiger partial charge in [-0.1, -0.05) is 69.3 Å². The summed E-state index contributed by atoms with van der Waals surface area (Å²) in [5, 5.41) is -0.0155. The van der Waals surface area contributed by atoms with Crippen LogP contribution in [0.15, 0.2) is 60.7 Å². The normalized spacial score (nSPS) is 20.3. The summed E-state index contributed by atoms with van der Waals surface area (Å²) in [6.07, 6.45) is -0.610. The molecule has 1 fully saturated rings. The number of likely N-dealkylation sites (tertiary alicyclic amines) is 1. The summed E-state index contributed by atoms with van der Waals surface area (Å²) in [5.41, 5.74) is 1.43. The summed E-state index contributed by atoms with van der Waals surface area (Å²) in [4.78, 5) is 27.3. The van der Waals surface area contributed by atoms with Crippen LogP contribution in [0.2, 0.25) is 18.1 Å². The molecule has 2 atom stereocenters. The lowest BCUT2D eigenvalue weighted by molar-refractivity contribution is -0.158. The van der Waals surface area contributed by atoms with Crippen LogP contribution in [0.3, 0.4) is 0 Å². The largest absolute Gasteiger partial charge is 0.403 e. The number of hydrogen-bond donors (Lipinski definition) is 0. The Balaban J connectivity index is 1.94. The fourth-order valence-electron chi connectivity index (χ4n) is 2.99. The number of imide groups is 1. The number of nitrogens with zero attached hydrogens (tertiary/aromatic N) is 1. The lowest BCUT2D eigenvalue weighted by atomic mass is 10.1. The second kappa shape index (κ2) is 7.06. The van der Waals surface area contributed by atoms with E-state index in [-0.39, 0.29) is 22.9 Å². The summed E-state index contributed by atoms with van der Waals surface area (Å²) in [6.45, 7) is 10.7. The van der Waals surface area contributed by atoms with Gasteiger partial charge in [-0.3, -0.25) is 14.5 Å². The lowest BCUT2D eigenvalue weighted by Gasteiger charge is -2.50. The standard InChI is InChI=1S/C22H27NO3Si/c1-22(2,3)27(4,5)26-19-18(16-12-8-6-9-13-16)23(21(19)25)20(24)17-14-10-7-11-15-17/h6-15,18-19H,1-5H3/t18-,19+/m0/s1/i19+2,21+2. The molecule has 2 amide bonds. The molecule has 0 spiro atoms. The first kappa shape index (κ1) is 19.5. The molecule has 0 N–H and O–H groups in total. The Hall–Kier alpha value is -2.24. The van der Waals surface area contributed by atoms with Crippen LogP contribution in [0.25, 0.3) is 0 Å². The van der Waals surface area contributed by atoms with Crippen LogP contribution in [0.5, 0.6) is 0 Å². The molecule has 5 heteroatoms. The third-order valence-electron chi connectivity index (χ3n) is 5.65. The van der Waals surface area contributed by atoms with E-state index in [4.69, 9.17) is 4.43 Å². The van der Waals surface area contributed by atoms with Gasteiger partial charge in [-0.05, 0) is 35.8 Å². The third-order valence-corrected chi connectivity index (χ3v) is 10.1. The van der Waals surface area contributed by atoms with E-state index in [2.05, 4.69) is 33.9 Å². The summed E-state index contributed by atoms with van der Waals surface area (Å²) < 4.78 is 6.43. The van der Waals surface area contributed by atoms with E-state index in [1.54, 1.807) is 24.3 Å². The van der Waals surface area contributed by atoms with Crippen LogP contribution in [0.1, 0.15) is 42.7 Å². The van der Waals surface area contributed by atoms with Gasteiger partial charge in [0.05, 0.1) is 6.04 Å². The van der Waals surface area contributed by atoms with Crippen molar-refractivity contribution in [1.29, 1.82) is 0 Å². The van der Waals surface area contributed by atoms with Crippen molar-refractivity contribution in [2.75, 3.05) is 0 Å². The monoisotopic (exact) mass is 385 g/mol. The molecule has 0 aromatic heterocycles. The fraction of sp³-hybridized carbons (Fsp3) is 0.364. The van der Waals surface area contributed by atoms with Crippen molar-refractivity contribution in [3.63, 3.8) is 0 Å². The zero-order valence-corrected chi connectivity index (χ0v) is 17.6. The van der Waals surface area contributed by atoms with Gasteiger partial charge in [0.25, 0.3) is 11.8 Å². The molecule has 142 valence electrons. The average molecular weight is 386 g/mol. The number of carbonyl (C=O) groups is 2. The molecule has 1 aliphatic rings. The average Bonchev–Trinajstić information content (AvgIpc) is 2.64. The molecule has 1 heterocycles. The lowest BCUT2D eigenvalue weighted by Crippen LogP contribution is -2.65. The molecule has 0 radical (unpaired) electrons. The molecule has 3 rings (SSSR count). The van der Waals surface area contributed by atoms with E-state index in [1.165, 1.54) is 4.90 Å². The minimum Gasteiger partial charge on any atom is -0.403 e. The highest BCUT2D eigenvalue weighted by molar-refractivity contribution is 6.74. The van der Waals surface area contributed by atoms with Gasteiger partial charge in [0, 0.05) is 5.56 Å². The minimum absolute atomic E-state index is 0.0155. The van der Waals surface area contributed by atoms with Crippen molar-refractivity contribution in [1.82, 2.24) is 4.90 Å². The second-order valence-electron chi connectivity index (χ2n) is 8.53. The summed E-state index contributed by atoms with van der Waals surface area (Å²) in [6, 6.07) is 18.2. The summed E-state index contributed by atoms with van der Waals surface area (Å²) >= 11 is 0. The van der Waals surface area contributed by atoms with Crippen LogP contribution in [-0.2, 0) is 9.22 Å². The number of amides is 2. The summed E-state index contributed by atoms with van der Waals surface area (Å²) in [7, 11) is -2.16. The Kier molecular flexibility index (Phi) is 5.10. The van der Waals surface area contributed by atoms with Crippen LogP contribution in [0, 0.1) is 0 Å².